The predicted molar refractivity (Wildman–Crippen MR) is 139 cm³/mol. The Morgan fingerprint density at radius 3 is 1.24 bits per heavy atom. The van der Waals surface area contributed by atoms with Gasteiger partial charge in [0.15, 0.2) is 0 Å². The van der Waals surface area contributed by atoms with Gasteiger partial charge in [-0.25, -0.2) is 0 Å². The lowest BCUT2D eigenvalue weighted by Gasteiger charge is -2.28. The third kappa shape index (κ3) is 6.92. The molecule has 2 aliphatic rings. The first kappa shape index (κ1) is 24.5. The van der Waals surface area contributed by atoms with E-state index in [-0.39, 0.29) is 0 Å². The highest BCUT2D eigenvalue weighted by Crippen LogP contribution is 2.38. The van der Waals surface area contributed by atoms with Gasteiger partial charge in [-0.2, -0.15) is 0 Å². The largest absolute Gasteiger partial charge is 0.303 e. The standard InChI is InChI=1S/C32H38O2/c33-23-1-3-25-7-15-29(16-8-25)31-19-11-27(12-20-31)5-6-28-13-21-32(22-14-28)30-17-9-26(10-18-30)4-2-24-34/h11-14,19-26,29-30H,1-4,7-10,15-18H2. The summed E-state index contributed by atoms with van der Waals surface area (Å²) in [7, 11) is 0. The minimum atomic E-state index is 0.655. The Morgan fingerprint density at radius 2 is 0.912 bits per heavy atom. The first-order chi connectivity index (χ1) is 16.7. The van der Waals surface area contributed by atoms with Crippen LogP contribution in [0.4, 0.5) is 0 Å². The number of carbonyl (C=O) groups excluding carboxylic acids is 2. The second-order valence-electron chi connectivity index (χ2n) is 10.4. The van der Waals surface area contributed by atoms with Gasteiger partial charge in [0.1, 0.15) is 12.6 Å². The van der Waals surface area contributed by atoms with Gasteiger partial charge in [0, 0.05) is 24.0 Å². The second kappa shape index (κ2) is 12.7. The van der Waals surface area contributed by atoms with E-state index in [1.807, 2.05) is 0 Å². The maximum atomic E-state index is 10.6. The lowest BCUT2D eigenvalue weighted by atomic mass is 9.77. The number of benzene rings is 2. The van der Waals surface area contributed by atoms with Crippen molar-refractivity contribution in [3.63, 3.8) is 0 Å². The van der Waals surface area contributed by atoms with Crippen LogP contribution >= 0.6 is 0 Å². The molecule has 0 unspecified atom stereocenters. The van der Waals surface area contributed by atoms with Crippen LogP contribution in [0, 0.1) is 23.7 Å². The van der Waals surface area contributed by atoms with Gasteiger partial charge < -0.3 is 9.59 Å². The minimum Gasteiger partial charge on any atom is -0.303 e. The van der Waals surface area contributed by atoms with Crippen molar-refractivity contribution in [1.82, 2.24) is 0 Å². The van der Waals surface area contributed by atoms with Crippen LogP contribution in [0.2, 0.25) is 0 Å². The first-order valence-electron chi connectivity index (χ1n) is 13.3. The van der Waals surface area contributed by atoms with Crippen LogP contribution in [0.3, 0.4) is 0 Å². The van der Waals surface area contributed by atoms with E-state index < -0.39 is 0 Å². The normalized spacial score (nSPS) is 24.6. The molecule has 0 N–H and O–H groups in total. The molecule has 0 atom stereocenters. The highest BCUT2D eigenvalue weighted by molar-refractivity contribution is 5.49. The maximum Gasteiger partial charge on any atom is 0.120 e. The van der Waals surface area contributed by atoms with Crippen LogP contribution in [0.5, 0.6) is 0 Å². The summed E-state index contributed by atoms with van der Waals surface area (Å²) >= 11 is 0. The summed E-state index contributed by atoms with van der Waals surface area (Å²) in [4.78, 5) is 21.2. The van der Waals surface area contributed by atoms with E-state index in [9.17, 15) is 9.59 Å². The number of hydrogen-bond acceptors (Lipinski definition) is 2. The molecule has 178 valence electrons. The van der Waals surface area contributed by atoms with Crippen molar-refractivity contribution in [2.24, 2.45) is 11.8 Å². The van der Waals surface area contributed by atoms with Gasteiger partial charge >= 0.3 is 0 Å². The lowest BCUT2D eigenvalue weighted by Crippen LogP contribution is -2.13. The fourth-order valence-electron chi connectivity index (χ4n) is 6.00. The van der Waals surface area contributed by atoms with Gasteiger partial charge in [-0.1, -0.05) is 36.1 Å². The zero-order chi connectivity index (χ0) is 23.6. The molecule has 2 heteroatoms. The average molecular weight is 455 g/mol. The molecule has 34 heavy (non-hydrogen) atoms. The molecule has 0 aliphatic heterocycles. The second-order valence-corrected chi connectivity index (χ2v) is 10.4. The molecule has 0 heterocycles. The van der Waals surface area contributed by atoms with Gasteiger partial charge in [-0.15, -0.1) is 0 Å². The Labute approximate surface area is 205 Å². The van der Waals surface area contributed by atoms with Crippen molar-refractivity contribution in [3.05, 3.63) is 70.8 Å². The third-order valence-corrected chi connectivity index (χ3v) is 8.19. The number of rotatable bonds is 8. The van der Waals surface area contributed by atoms with Gasteiger partial charge in [0.05, 0.1) is 0 Å². The summed E-state index contributed by atoms with van der Waals surface area (Å²) in [6.45, 7) is 0. The molecular weight excluding hydrogens is 416 g/mol. The fourth-order valence-corrected chi connectivity index (χ4v) is 6.00. The molecule has 4 rings (SSSR count). The molecule has 2 saturated carbocycles. The zero-order valence-corrected chi connectivity index (χ0v) is 20.4. The van der Waals surface area contributed by atoms with Crippen LogP contribution in [0.1, 0.15) is 111 Å². The van der Waals surface area contributed by atoms with Crippen molar-refractivity contribution in [3.8, 4) is 11.8 Å². The fraction of sp³-hybridized carbons (Fsp3) is 0.500. The van der Waals surface area contributed by atoms with Gasteiger partial charge in [0.2, 0.25) is 0 Å². The topological polar surface area (TPSA) is 34.1 Å². The summed E-state index contributed by atoms with van der Waals surface area (Å²) in [6.07, 6.45) is 15.6. The lowest BCUT2D eigenvalue weighted by molar-refractivity contribution is -0.108. The molecular formula is C32H38O2. The molecule has 0 amide bonds. The summed E-state index contributed by atoms with van der Waals surface area (Å²) in [5.74, 6) is 9.45. The van der Waals surface area contributed by atoms with E-state index in [0.29, 0.717) is 11.8 Å². The Hall–Kier alpha value is -2.66. The zero-order valence-electron chi connectivity index (χ0n) is 20.4. The van der Waals surface area contributed by atoms with Crippen LogP contribution < -0.4 is 0 Å². The molecule has 2 nitrogen and oxygen atoms in total. The first-order valence-corrected chi connectivity index (χ1v) is 13.3. The summed E-state index contributed by atoms with van der Waals surface area (Å²) in [5.41, 5.74) is 5.01. The van der Waals surface area contributed by atoms with Crippen molar-refractivity contribution >= 4 is 12.6 Å². The van der Waals surface area contributed by atoms with E-state index in [4.69, 9.17) is 0 Å². The predicted octanol–water partition coefficient (Wildman–Crippen LogP) is 7.59. The monoisotopic (exact) mass is 454 g/mol. The summed E-state index contributed by atoms with van der Waals surface area (Å²) < 4.78 is 0. The van der Waals surface area contributed by atoms with Crippen LogP contribution in [0.15, 0.2) is 48.5 Å². The molecule has 0 bridgehead atoms. The number of hydrogen-bond donors (Lipinski definition) is 0. The Kier molecular flexibility index (Phi) is 9.14. The molecule has 0 radical (unpaired) electrons. The van der Waals surface area contributed by atoms with Crippen molar-refractivity contribution in [2.75, 3.05) is 0 Å². The molecule has 2 aromatic rings. The number of aldehydes is 2. The Bertz CT molecular complexity index is 881. The van der Waals surface area contributed by atoms with E-state index >= 15 is 0 Å². The molecule has 0 saturated heterocycles. The Morgan fingerprint density at radius 1 is 0.559 bits per heavy atom. The van der Waals surface area contributed by atoms with E-state index in [0.717, 1.165) is 61.2 Å². The molecule has 0 aromatic heterocycles. The van der Waals surface area contributed by atoms with Crippen molar-refractivity contribution in [1.29, 1.82) is 0 Å². The van der Waals surface area contributed by atoms with E-state index in [1.165, 1.54) is 62.5 Å². The molecule has 2 fully saturated rings. The molecule has 2 aliphatic carbocycles. The molecule has 2 aromatic carbocycles. The molecule has 0 spiro atoms. The van der Waals surface area contributed by atoms with Crippen LogP contribution in [0.25, 0.3) is 0 Å². The summed E-state index contributed by atoms with van der Waals surface area (Å²) in [5, 5.41) is 0. The summed E-state index contributed by atoms with van der Waals surface area (Å²) in [6, 6.07) is 17.7. The van der Waals surface area contributed by atoms with E-state index in [1.54, 1.807) is 0 Å². The average Bonchev–Trinajstić information content (AvgIpc) is 2.91. The Balaban J connectivity index is 1.27. The number of carbonyl (C=O) groups is 2. The van der Waals surface area contributed by atoms with Crippen molar-refractivity contribution in [2.45, 2.75) is 88.9 Å². The van der Waals surface area contributed by atoms with E-state index in [2.05, 4.69) is 60.4 Å². The smallest absolute Gasteiger partial charge is 0.120 e. The quantitative estimate of drug-likeness (QED) is 0.304. The minimum absolute atomic E-state index is 0.655. The highest BCUT2D eigenvalue weighted by Gasteiger charge is 2.23. The van der Waals surface area contributed by atoms with Gasteiger partial charge in [0.25, 0.3) is 0 Å². The van der Waals surface area contributed by atoms with Crippen molar-refractivity contribution < 1.29 is 9.59 Å². The van der Waals surface area contributed by atoms with Gasteiger partial charge in [-0.3, -0.25) is 0 Å². The maximum absolute atomic E-state index is 10.6. The highest BCUT2D eigenvalue weighted by atomic mass is 16.1. The third-order valence-electron chi connectivity index (χ3n) is 8.19. The SMILES string of the molecule is O=CCCC1CCC(c2ccc(C#Cc3ccc(C4CCC(CCC=O)CC4)cc3)cc2)CC1. The van der Waals surface area contributed by atoms with Crippen LogP contribution in [-0.4, -0.2) is 12.6 Å². The van der Waals surface area contributed by atoms with Crippen LogP contribution in [-0.2, 0) is 9.59 Å². The van der Waals surface area contributed by atoms with Gasteiger partial charge in [-0.05, 0) is 123 Å².